The highest BCUT2D eigenvalue weighted by atomic mass is 15.6. The molecule has 0 spiro atoms. The van der Waals surface area contributed by atoms with Gasteiger partial charge in [0.15, 0.2) is 0 Å². The molecule has 3 nitrogen and oxygen atoms in total. The molecule has 0 unspecified atom stereocenters. The molecule has 0 atom stereocenters. The summed E-state index contributed by atoms with van der Waals surface area (Å²) in [6.45, 7) is 4.00. The predicted octanol–water partition coefficient (Wildman–Crippen LogP) is 2.57. The standard InChI is InChI=1S/C13H11N3/c1-11-6-4-5-9-15(11)16-10-14-12-7-2-3-8-13(12)16/h2-10H,1H2. The Morgan fingerprint density at radius 3 is 2.88 bits per heavy atom. The first-order valence-corrected chi connectivity index (χ1v) is 5.11. The van der Waals surface area contributed by atoms with E-state index in [2.05, 4.69) is 11.6 Å². The van der Waals surface area contributed by atoms with Crippen LogP contribution in [0.25, 0.3) is 11.0 Å². The van der Waals surface area contributed by atoms with E-state index < -0.39 is 0 Å². The number of benzene rings is 1. The maximum absolute atomic E-state index is 4.35. The summed E-state index contributed by atoms with van der Waals surface area (Å²) in [7, 11) is 0. The van der Waals surface area contributed by atoms with Gasteiger partial charge < -0.3 is 0 Å². The van der Waals surface area contributed by atoms with Gasteiger partial charge >= 0.3 is 0 Å². The number of aromatic nitrogens is 2. The van der Waals surface area contributed by atoms with Gasteiger partial charge in [-0.05, 0) is 24.3 Å². The summed E-state index contributed by atoms with van der Waals surface area (Å²) in [6, 6.07) is 8.03. The molecule has 0 bridgehead atoms. The minimum Gasteiger partial charge on any atom is -0.256 e. The van der Waals surface area contributed by atoms with E-state index in [1.54, 1.807) is 6.33 Å². The number of rotatable bonds is 1. The van der Waals surface area contributed by atoms with Crippen molar-refractivity contribution in [2.24, 2.45) is 0 Å². The van der Waals surface area contributed by atoms with Crippen molar-refractivity contribution in [3.8, 4) is 0 Å². The fourth-order valence-electron chi connectivity index (χ4n) is 1.80. The van der Waals surface area contributed by atoms with Crippen molar-refractivity contribution in [3.05, 3.63) is 67.3 Å². The molecule has 2 aromatic rings. The largest absolute Gasteiger partial charge is 0.256 e. The van der Waals surface area contributed by atoms with Crippen LogP contribution in [0.2, 0.25) is 0 Å². The Morgan fingerprint density at radius 2 is 2.00 bits per heavy atom. The van der Waals surface area contributed by atoms with E-state index >= 15 is 0 Å². The van der Waals surface area contributed by atoms with Crippen LogP contribution in [0.5, 0.6) is 0 Å². The van der Waals surface area contributed by atoms with Crippen LogP contribution in [0.1, 0.15) is 0 Å². The second-order valence-corrected chi connectivity index (χ2v) is 3.61. The van der Waals surface area contributed by atoms with E-state index in [0.717, 1.165) is 16.7 Å². The van der Waals surface area contributed by atoms with E-state index in [9.17, 15) is 0 Å². The average molecular weight is 209 g/mol. The van der Waals surface area contributed by atoms with Gasteiger partial charge in [0, 0.05) is 6.20 Å². The molecule has 0 aliphatic carbocycles. The summed E-state index contributed by atoms with van der Waals surface area (Å²) in [6.07, 6.45) is 9.69. The van der Waals surface area contributed by atoms with E-state index in [1.807, 2.05) is 58.4 Å². The first kappa shape index (κ1) is 8.97. The topological polar surface area (TPSA) is 21.1 Å². The molecule has 78 valence electrons. The van der Waals surface area contributed by atoms with Gasteiger partial charge in [-0.1, -0.05) is 24.8 Å². The lowest BCUT2D eigenvalue weighted by Crippen LogP contribution is -2.27. The van der Waals surface area contributed by atoms with Crippen molar-refractivity contribution < 1.29 is 0 Å². The first-order valence-electron chi connectivity index (χ1n) is 5.11. The van der Waals surface area contributed by atoms with Crippen molar-refractivity contribution in [1.29, 1.82) is 0 Å². The Morgan fingerprint density at radius 1 is 1.12 bits per heavy atom. The fraction of sp³-hybridized carbons (Fsp3) is 0. The van der Waals surface area contributed by atoms with E-state index in [-0.39, 0.29) is 0 Å². The zero-order valence-electron chi connectivity index (χ0n) is 8.74. The molecule has 16 heavy (non-hydrogen) atoms. The average Bonchev–Trinajstić information content (AvgIpc) is 2.74. The third-order valence-corrected chi connectivity index (χ3v) is 2.59. The van der Waals surface area contributed by atoms with Gasteiger partial charge in [-0.2, -0.15) is 0 Å². The number of allylic oxidation sites excluding steroid dienone is 3. The highest BCUT2D eigenvalue weighted by molar-refractivity contribution is 5.75. The van der Waals surface area contributed by atoms with E-state index in [4.69, 9.17) is 0 Å². The Balaban J connectivity index is 2.16. The highest BCUT2D eigenvalue weighted by Crippen LogP contribution is 2.16. The van der Waals surface area contributed by atoms with Gasteiger partial charge in [-0.3, -0.25) is 5.01 Å². The van der Waals surface area contributed by atoms with Crippen LogP contribution in [0, 0.1) is 0 Å². The Kier molecular flexibility index (Phi) is 1.90. The molecular formula is C13H11N3. The molecule has 2 heterocycles. The van der Waals surface area contributed by atoms with Gasteiger partial charge in [0.25, 0.3) is 0 Å². The first-order chi connectivity index (χ1) is 7.86. The van der Waals surface area contributed by atoms with Gasteiger partial charge in [-0.25, -0.2) is 9.66 Å². The summed E-state index contributed by atoms with van der Waals surface area (Å²) in [5.74, 6) is 0. The molecular weight excluding hydrogens is 198 g/mol. The monoisotopic (exact) mass is 209 g/mol. The highest BCUT2D eigenvalue weighted by Gasteiger charge is 2.09. The van der Waals surface area contributed by atoms with Crippen molar-refractivity contribution in [3.63, 3.8) is 0 Å². The molecule has 0 amide bonds. The maximum Gasteiger partial charge on any atom is 0.116 e. The van der Waals surface area contributed by atoms with E-state index in [0.29, 0.717) is 0 Å². The maximum atomic E-state index is 4.35. The third-order valence-electron chi connectivity index (χ3n) is 2.59. The predicted molar refractivity (Wildman–Crippen MR) is 65.4 cm³/mol. The molecule has 1 aromatic carbocycles. The summed E-state index contributed by atoms with van der Waals surface area (Å²) in [5.41, 5.74) is 2.98. The minimum atomic E-state index is 0.922. The summed E-state index contributed by atoms with van der Waals surface area (Å²) < 4.78 is 1.98. The number of imidazole rings is 1. The molecule has 0 fully saturated rings. The minimum absolute atomic E-state index is 0.922. The van der Waals surface area contributed by atoms with Gasteiger partial charge in [0.1, 0.15) is 6.33 Å². The van der Waals surface area contributed by atoms with Crippen LogP contribution in [0.3, 0.4) is 0 Å². The van der Waals surface area contributed by atoms with Crippen LogP contribution >= 0.6 is 0 Å². The Hall–Kier alpha value is -2.29. The van der Waals surface area contributed by atoms with Crippen molar-refractivity contribution >= 4 is 11.0 Å². The van der Waals surface area contributed by atoms with E-state index in [1.165, 1.54) is 0 Å². The van der Waals surface area contributed by atoms with Crippen molar-refractivity contribution in [2.75, 3.05) is 5.01 Å². The van der Waals surface area contributed by atoms with Gasteiger partial charge in [0.05, 0.1) is 16.7 Å². The summed E-state index contributed by atoms with van der Waals surface area (Å²) in [4.78, 5) is 4.35. The molecule has 0 N–H and O–H groups in total. The molecule has 1 aliphatic rings. The SMILES string of the molecule is C=C1C=CC=CN1n1cnc2ccccc21. The lowest BCUT2D eigenvalue weighted by molar-refractivity contribution is 0.799. The fourth-order valence-corrected chi connectivity index (χ4v) is 1.80. The second-order valence-electron chi connectivity index (χ2n) is 3.61. The summed E-state index contributed by atoms with van der Waals surface area (Å²) >= 11 is 0. The molecule has 0 saturated carbocycles. The number of nitrogens with zero attached hydrogens (tertiary/aromatic N) is 3. The third kappa shape index (κ3) is 1.26. The van der Waals surface area contributed by atoms with Crippen LogP contribution in [-0.4, -0.2) is 9.66 Å². The van der Waals surface area contributed by atoms with Crippen LogP contribution in [-0.2, 0) is 0 Å². The van der Waals surface area contributed by atoms with Gasteiger partial charge in [0.2, 0.25) is 0 Å². The molecule has 3 heteroatoms. The molecule has 3 rings (SSSR count). The number of fused-ring (bicyclic) bond motifs is 1. The molecule has 0 saturated heterocycles. The van der Waals surface area contributed by atoms with Crippen molar-refractivity contribution in [2.45, 2.75) is 0 Å². The second kappa shape index (κ2) is 3.38. The summed E-state index contributed by atoms with van der Waals surface area (Å²) in [5, 5.41) is 1.97. The Bertz CT molecular complexity index is 604. The molecule has 1 aliphatic heterocycles. The number of hydrogen-bond acceptors (Lipinski definition) is 2. The van der Waals surface area contributed by atoms with Crippen LogP contribution in [0.15, 0.2) is 67.3 Å². The lowest BCUT2D eigenvalue weighted by atomic mass is 10.3. The zero-order valence-corrected chi connectivity index (χ0v) is 8.74. The number of para-hydroxylation sites is 2. The molecule has 1 aromatic heterocycles. The van der Waals surface area contributed by atoms with Crippen LogP contribution < -0.4 is 5.01 Å². The van der Waals surface area contributed by atoms with Crippen molar-refractivity contribution in [1.82, 2.24) is 9.66 Å². The number of hydrogen-bond donors (Lipinski definition) is 0. The van der Waals surface area contributed by atoms with Gasteiger partial charge in [-0.15, -0.1) is 0 Å². The smallest absolute Gasteiger partial charge is 0.116 e. The van der Waals surface area contributed by atoms with Crippen LogP contribution in [0.4, 0.5) is 0 Å². The molecule has 0 radical (unpaired) electrons. The zero-order chi connectivity index (χ0) is 11.0. The quantitative estimate of drug-likeness (QED) is 0.719. The Labute approximate surface area is 93.6 Å². The normalized spacial score (nSPS) is 15.0. The lowest BCUT2D eigenvalue weighted by Gasteiger charge is -2.24.